The fraction of sp³-hybridized carbons (Fsp3) is 0.824. The Morgan fingerprint density at radius 3 is 1.72 bits per heavy atom. The zero-order valence-electron chi connectivity index (χ0n) is 16.1. The summed E-state index contributed by atoms with van der Waals surface area (Å²) in [6.45, 7) is 2.19. The topological polar surface area (TPSA) is 109 Å². The van der Waals surface area contributed by atoms with Gasteiger partial charge in [-0.2, -0.15) is 0 Å². The van der Waals surface area contributed by atoms with Gasteiger partial charge in [0.05, 0.1) is 12.0 Å². The fourth-order valence-corrected chi connectivity index (χ4v) is 2.37. The van der Waals surface area contributed by atoms with Gasteiger partial charge in [0.25, 0.3) is 0 Å². The third-order valence-electron chi connectivity index (χ3n) is 3.76. The van der Waals surface area contributed by atoms with Crippen molar-refractivity contribution in [1.82, 2.24) is 5.32 Å². The van der Waals surface area contributed by atoms with Crippen LogP contribution in [0.4, 0.5) is 0 Å². The van der Waals surface area contributed by atoms with E-state index in [1.165, 1.54) is 38.5 Å². The average molecular weight is 406 g/mol. The first-order valence-electron chi connectivity index (χ1n) is 8.67. The standard InChI is InChI=1S/C17H31NO5.2K/c1-2-3-4-5-6-7-8-9-10-11-15(19)18-14(17(22)23)12-13-16(20)21;;/h14H,2-13H2,1H3,(H,18,19)(H,20,21)(H,22,23);;/q;2*+1/p-2/t14-;;/m0../s1. The van der Waals surface area contributed by atoms with Crippen LogP contribution in [0.1, 0.15) is 84.0 Å². The third-order valence-corrected chi connectivity index (χ3v) is 3.76. The summed E-state index contributed by atoms with van der Waals surface area (Å²) < 4.78 is 0. The van der Waals surface area contributed by atoms with E-state index in [9.17, 15) is 24.6 Å². The van der Waals surface area contributed by atoms with E-state index in [-0.39, 0.29) is 122 Å². The molecular weight excluding hydrogens is 376 g/mol. The largest absolute Gasteiger partial charge is 1.00 e. The zero-order chi connectivity index (χ0) is 17.5. The molecule has 0 heterocycles. The molecule has 1 atom stereocenters. The molecule has 1 N–H and O–H groups in total. The molecule has 0 saturated carbocycles. The van der Waals surface area contributed by atoms with Crippen LogP contribution in [0.3, 0.4) is 0 Å². The van der Waals surface area contributed by atoms with Crippen LogP contribution in [0.2, 0.25) is 0 Å². The Balaban J connectivity index is -0.00000242. The molecule has 134 valence electrons. The monoisotopic (exact) mass is 405 g/mol. The Morgan fingerprint density at radius 1 is 0.800 bits per heavy atom. The van der Waals surface area contributed by atoms with E-state index in [0.29, 0.717) is 6.42 Å². The molecule has 0 aromatic rings. The van der Waals surface area contributed by atoms with Crippen molar-refractivity contribution >= 4 is 17.8 Å². The number of carbonyl (C=O) groups is 3. The number of carbonyl (C=O) groups excluding carboxylic acids is 3. The molecule has 0 saturated heterocycles. The summed E-state index contributed by atoms with van der Waals surface area (Å²) >= 11 is 0. The van der Waals surface area contributed by atoms with E-state index in [4.69, 9.17) is 0 Å². The number of amides is 1. The maximum atomic E-state index is 11.6. The summed E-state index contributed by atoms with van der Waals surface area (Å²) in [5.74, 6) is -3.18. The third kappa shape index (κ3) is 21.8. The van der Waals surface area contributed by atoms with Gasteiger partial charge in [-0.05, 0) is 19.3 Å². The molecule has 0 aliphatic rings. The summed E-state index contributed by atoms with van der Waals surface area (Å²) in [6, 6.07) is -1.26. The second kappa shape index (κ2) is 22.0. The van der Waals surface area contributed by atoms with Crippen LogP contribution >= 0.6 is 0 Å². The van der Waals surface area contributed by atoms with Crippen molar-refractivity contribution in [1.29, 1.82) is 0 Å². The minimum absolute atomic E-state index is 0. The molecule has 6 nitrogen and oxygen atoms in total. The molecule has 0 bridgehead atoms. The van der Waals surface area contributed by atoms with Gasteiger partial charge in [0.1, 0.15) is 0 Å². The van der Waals surface area contributed by atoms with Crippen molar-refractivity contribution in [2.24, 2.45) is 0 Å². The number of aliphatic carboxylic acids is 2. The molecule has 0 fully saturated rings. The molecule has 0 aromatic carbocycles. The first kappa shape index (κ1) is 31.4. The van der Waals surface area contributed by atoms with Crippen LogP contribution in [0.5, 0.6) is 0 Å². The zero-order valence-corrected chi connectivity index (χ0v) is 22.4. The van der Waals surface area contributed by atoms with E-state index in [2.05, 4.69) is 12.2 Å². The van der Waals surface area contributed by atoms with Crippen LogP contribution < -0.4 is 118 Å². The van der Waals surface area contributed by atoms with Gasteiger partial charge in [0, 0.05) is 12.4 Å². The van der Waals surface area contributed by atoms with Crippen molar-refractivity contribution in [3.63, 3.8) is 0 Å². The van der Waals surface area contributed by atoms with Gasteiger partial charge >= 0.3 is 103 Å². The Labute approximate surface area is 236 Å². The maximum Gasteiger partial charge on any atom is 1.00 e. The van der Waals surface area contributed by atoms with Gasteiger partial charge in [-0.3, -0.25) is 4.79 Å². The molecule has 0 aromatic heterocycles. The first-order valence-corrected chi connectivity index (χ1v) is 8.67. The van der Waals surface area contributed by atoms with Crippen molar-refractivity contribution in [2.75, 3.05) is 0 Å². The molecule has 25 heavy (non-hydrogen) atoms. The maximum absolute atomic E-state index is 11.6. The molecule has 0 aliphatic heterocycles. The van der Waals surface area contributed by atoms with Gasteiger partial charge in [-0.15, -0.1) is 0 Å². The number of unbranched alkanes of at least 4 members (excludes halogenated alkanes) is 8. The molecule has 0 rings (SSSR count). The second-order valence-corrected chi connectivity index (χ2v) is 5.93. The summed E-state index contributed by atoms with van der Waals surface area (Å²) in [7, 11) is 0. The van der Waals surface area contributed by atoms with E-state index in [0.717, 1.165) is 12.8 Å². The van der Waals surface area contributed by atoms with Crippen LogP contribution in [0.25, 0.3) is 0 Å². The normalized spacial score (nSPS) is 10.9. The molecule has 8 heteroatoms. The first-order chi connectivity index (χ1) is 11.0. The molecule has 0 unspecified atom stereocenters. The number of carboxylic acids is 2. The number of carboxylic acid groups (broad SMARTS) is 2. The van der Waals surface area contributed by atoms with Crippen LogP contribution in [-0.2, 0) is 14.4 Å². The van der Waals surface area contributed by atoms with Crippen molar-refractivity contribution in [3.8, 4) is 0 Å². The van der Waals surface area contributed by atoms with Crippen molar-refractivity contribution in [2.45, 2.75) is 90.0 Å². The van der Waals surface area contributed by atoms with E-state index in [1.54, 1.807) is 0 Å². The smallest absolute Gasteiger partial charge is 0.550 e. The Hall–Kier alpha value is 1.68. The summed E-state index contributed by atoms with van der Waals surface area (Å²) in [5.41, 5.74) is 0. The van der Waals surface area contributed by atoms with Crippen molar-refractivity contribution < 1.29 is 127 Å². The van der Waals surface area contributed by atoms with Crippen LogP contribution in [0.15, 0.2) is 0 Å². The molecule has 0 radical (unpaired) electrons. The minimum Gasteiger partial charge on any atom is -0.550 e. The fourth-order valence-electron chi connectivity index (χ4n) is 2.37. The quantitative estimate of drug-likeness (QED) is 0.216. The minimum atomic E-state index is -1.47. The molecule has 0 spiro atoms. The molecular formula is C17H29K2NO5. The van der Waals surface area contributed by atoms with Crippen LogP contribution in [-0.4, -0.2) is 23.9 Å². The second-order valence-electron chi connectivity index (χ2n) is 5.93. The number of rotatable bonds is 15. The SMILES string of the molecule is CCCCCCCCCCCC(=O)N[C@@H](CCC(=O)[O-])C(=O)[O-].[K+].[K+]. The van der Waals surface area contributed by atoms with E-state index < -0.39 is 24.4 Å². The summed E-state index contributed by atoms with van der Waals surface area (Å²) in [4.78, 5) is 32.8. The van der Waals surface area contributed by atoms with Crippen molar-refractivity contribution in [3.05, 3.63) is 0 Å². The number of hydrogen-bond donors (Lipinski definition) is 1. The van der Waals surface area contributed by atoms with Gasteiger partial charge in [-0.1, -0.05) is 58.3 Å². The van der Waals surface area contributed by atoms with Gasteiger partial charge < -0.3 is 25.1 Å². The molecule has 0 aliphatic carbocycles. The number of nitrogens with one attached hydrogen (secondary N) is 1. The average Bonchev–Trinajstić information content (AvgIpc) is 2.49. The van der Waals surface area contributed by atoms with Gasteiger partial charge in [0.15, 0.2) is 0 Å². The van der Waals surface area contributed by atoms with Crippen LogP contribution in [0, 0.1) is 0 Å². The summed E-state index contributed by atoms with van der Waals surface area (Å²) in [5, 5.41) is 23.5. The predicted octanol–water partition coefficient (Wildman–Crippen LogP) is -5.32. The Morgan fingerprint density at radius 2 is 1.28 bits per heavy atom. The Bertz CT molecular complexity index is 367. The predicted molar refractivity (Wildman–Crippen MR) is 83.0 cm³/mol. The Kier molecular flexibility index (Phi) is 27.6. The number of hydrogen-bond acceptors (Lipinski definition) is 5. The molecule has 1 amide bonds. The van der Waals surface area contributed by atoms with Gasteiger partial charge in [0.2, 0.25) is 5.91 Å². The van der Waals surface area contributed by atoms with Gasteiger partial charge in [-0.25, -0.2) is 0 Å². The van der Waals surface area contributed by atoms with E-state index >= 15 is 0 Å². The summed E-state index contributed by atoms with van der Waals surface area (Å²) in [6.07, 6.45) is 9.82. The van der Waals surface area contributed by atoms with E-state index in [1.807, 2.05) is 0 Å².